The summed E-state index contributed by atoms with van der Waals surface area (Å²) in [6.07, 6.45) is 14.0. The van der Waals surface area contributed by atoms with Crippen molar-refractivity contribution in [3.8, 4) is 0 Å². The predicted molar refractivity (Wildman–Crippen MR) is 90.6 cm³/mol. The van der Waals surface area contributed by atoms with Crippen LogP contribution in [0.5, 0.6) is 0 Å². The molecule has 1 atom stereocenters. The second kappa shape index (κ2) is 7.28. The fraction of sp³-hybridized carbons (Fsp3) is 0.895. The lowest BCUT2D eigenvalue weighted by Gasteiger charge is -2.48. The molecule has 1 saturated carbocycles. The SMILES string of the molecule is CCOC1(C(NC)C2=CCCCCC2)CCC(C)(C)CC1. The van der Waals surface area contributed by atoms with Gasteiger partial charge in [-0.1, -0.05) is 31.9 Å². The number of allylic oxidation sites excluding steroid dienone is 1. The summed E-state index contributed by atoms with van der Waals surface area (Å²) in [4.78, 5) is 0. The Morgan fingerprint density at radius 1 is 1.14 bits per heavy atom. The summed E-state index contributed by atoms with van der Waals surface area (Å²) in [5.74, 6) is 0. The lowest BCUT2D eigenvalue weighted by atomic mass is 9.67. The molecule has 0 saturated heterocycles. The molecule has 0 aromatic heterocycles. The third kappa shape index (κ3) is 4.10. The third-order valence-electron chi connectivity index (χ3n) is 5.64. The predicted octanol–water partition coefficient (Wildman–Crippen LogP) is 4.84. The first-order valence-corrected chi connectivity index (χ1v) is 9.03. The zero-order chi connectivity index (χ0) is 15.3. The van der Waals surface area contributed by atoms with Gasteiger partial charge in [-0.05, 0) is 70.8 Å². The van der Waals surface area contributed by atoms with Crippen LogP contribution in [-0.2, 0) is 4.74 Å². The van der Waals surface area contributed by atoms with Crippen molar-refractivity contribution in [3.05, 3.63) is 11.6 Å². The van der Waals surface area contributed by atoms with Gasteiger partial charge >= 0.3 is 0 Å². The highest BCUT2D eigenvalue weighted by molar-refractivity contribution is 5.19. The van der Waals surface area contributed by atoms with Crippen molar-refractivity contribution in [2.24, 2.45) is 5.41 Å². The normalized spacial score (nSPS) is 26.8. The van der Waals surface area contributed by atoms with Gasteiger partial charge in [-0.3, -0.25) is 0 Å². The summed E-state index contributed by atoms with van der Waals surface area (Å²) >= 11 is 0. The Kier molecular flexibility index (Phi) is 5.90. The van der Waals surface area contributed by atoms with Crippen LogP contribution in [0.25, 0.3) is 0 Å². The number of rotatable bonds is 5. The van der Waals surface area contributed by atoms with E-state index in [1.165, 1.54) is 57.8 Å². The van der Waals surface area contributed by atoms with Crippen LogP contribution in [0.15, 0.2) is 11.6 Å². The highest BCUT2D eigenvalue weighted by Crippen LogP contribution is 2.45. The third-order valence-corrected chi connectivity index (χ3v) is 5.64. The van der Waals surface area contributed by atoms with Crippen molar-refractivity contribution >= 4 is 0 Å². The van der Waals surface area contributed by atoms with E-state index >= 15 is 0 Å². The van der Waals surface area contributed by atoms with E-state index in [1.807, 2.05) is 0 Å². The maximum atomic E-state index is 6.41. The Labute approximate surface area is 131 Å². The molecule has 0 amide bonds. The largest absolute Gasteiger partial charge is 0.373 e. The number of hydrogen-bond donors (Lipinski definition) is 1. The van der Waals surface area contributed by atoms with E-state index in [1.54, 1.807) is 5.57 Å². The number of nitrogens with one attached hydrogen (secondary N) is 1. The van der Waals surface area contributed by atoms with Crippen LogP contribution in [0, 0.1) is 5.41 Å². The van der Waals surface area contributed by atoms with Crippen LogP contribution < -0.4 is 5.32 Å². The molecule has 1 unspecified atom stereocenters. The van der Waals surface area contributed by atoms with Gasteiger partial charge in [0.15, 0.2) is 0 Å². The topological polar surface area (TPSA) is 21.3 Å². The van der Waals surface area contributed by atoms with E-state index in [9.17, 15) is 0 Å². The van der Waals surface area contributed by atoms with Gasteiger partial charge < -0.3 is 10.1 Å². The van der Waals surface area contributed by atoms with E-state index < -0.39 is 0 Å². The average Bonchev–Trinajstić information content (AvgIpc) is 2.72. The van der Waals surface area contributed by atoms with E-state index in [4.69, 9.17) is 4.74 Å². The minimum atomic E-state index is 0.0230. The maximum absolute atomic E-state index is 6.41. The van der Waals surface area contributed by atoms with Crippen LogP contribution in [0.2, 0.25) is 0 Å². The molecule has 2 rings (SSSR count). The van der Waals surface area contributed by atoms with Crippen LogP contribution in [0.4, 0.5) is 0 Å². The lowest BCUT2D eigenvalue weighted by molar-refractivity contribution is -0.0981. The molecule has 0 spiro atoms. The second-order valence-electron chi connectivity index (χ2n) is 7.76. The number of likely N-dealkylation sites (N-methyl/N-ethyl adjacent to an activating group) is 1. The number of ether oxygens (including phenoxy) is 1. The van der Waals surface area contributed by atoms with Crippen molar-refractivity contribution in [2.45, 2.75) is 90.2 Å². The van der Waals surface area contributed by atoms with E-state index in [-0.39, 0.29) is 5.60 Å². The summed E-state index contributed by atoms with van der Waals surface area (Å²) < 4.78 is 6.41. The Morgan fingerprint density at radius 2 is 1.86 bits per heavy atom. The Bertz CT molecular complexity index is 349. The zero-order valence-electron chi connectivity index (χ0n) is 14.6. The Hall–Kier alpha value is -0.340. The van der Waals surface area contributed by atoms with Crippen LogP contribution in [-0.4, -0.2) is 25.3 Å². The molecule has 0 aliphatic heterocycles. The molecule has 0 aromatic rings. The molecule has 2 aliphatic carbocycles. The summed E-state index contributed by atoms with van der Waals surface area (Å²) in [6.45, 7) is 7.78. The molecular weight excluding hydrogens is 258 g/mol. The van der Waals surface area contributed by atoms with Gasteiger partial charge in [0.25, 0.3) is 0 Å². The van der Waals surface area contributed by atoms with Gasteiger partial charge in [-0.25, -0.2) is 0 Å². The monoisotopic (exact) mass is 293 g/mol. The van der Waals surface area contributed by atoms with Gasteiger partial charge in [0.2, 0.25) is 0 Å². The standard InChI is InChI=1S/C19H35NO/c1-5-21-19(14-12-18(2,3)13-15-19)17(20-4)16-10-8-6-7-9-11-16/h10,17,20H,5-9,11-15H2,1-4H3. The number of hydrogen-bond acceptors (Lipinski definition) is 2. The van der Waals surface area contributed by atoms with Crippen molar-refractivity contribution in [1.29, 1.82) is 0 Å². The second-order valence-corrected chi connectivity index (χ2v) is 7.76. The fourth-order valence-corrected chi connectivity index (χ4v) is 4.24. The van der Waals surface area contributed by atoms with Gasteiger partial charge in [-0.2, -0.15) is 0 Å². The van der Waals surface area contributed by atoms with Crippen molar-refractivity contribution in [3.63, 3.8) is 0 Å². The minimum Gasteiger partial charge on any atom is -0.373 e. The highest BCUT2D eigenvalue weighted by atomic mass is 16.5. The summed E-state index contributed by atoms with van der Waals surface area (Å²) in [7, 11) is 2.12. The van der Waals surface area contributed by atoms with E-state index in [0.29, 0.717) is 11.5 Å². The first-order chi connectivity index (χ1) is 10.0. The summed E-state index contributed by atoms with van der Waals surface area (Å²) in [6, 6.07) is 0.409. The highest BCUT2D eigenvalue weighted by Gasteiger charge is 2.45. The van der Waals surface area contributed by atoms with Crippen LogP contribution in [0.1, 0.15) is 78.6 Å². The molecule has 2 heteroatoms. The van der Waals surface area contributed by atoms with Gasteiger partial charge in [-0.15, -0.1) is 0 Å². The van der Waals surface area contributed by atoms with Gasteiger partial charge in [0.05, 0.1) is 11.6 Å². The lowest BCUT2D eigenvalue weighted by Crippen LogP contribution is -2.55. The minimum absolute atomic E-state index is 0.0230. The van der Waals surface area contributed by atoms with Crippen molar-refractivity contribution in [1.82, 2.24) is 5.32 Å². The maximum Gasteiger partial charge on any atom is 0.0873 e. The first-order valence-electron chi connectivity index (χ1n) is 9.03. The molecular formula is C19H35NO. The van der Waals surface area contributed by atoms with E-state index in [2.05, 4.69) is 39.2 Å². The molecule has 122 valence electrons. The quantitative estimate of drug-likeness (QED) is 0.732. The zero-order valence-corrected chi connectivity index (χ0v) is 14.6. The molecule has 2 aliphatic rings. The van der Waals surface area contributed by atoms with Gasteiger partial charge in [0.1, 0.15) is 0 Å². The fourth-order valence-electron chi connectivity index (χ4n) is 4.24. The molecule has 1 fully saturated rings. The molecule has 21 heavy (non-hydrogen) atoms. The van der Waals surface area contributed by atoms with Crippen LogP contribution >= 0.6 is 0 Å². The van der Waals surface area contributed by atoms with E-state index in [0.717, 1.165) is 6.61 Å². The average molecular weight is 293 g/mol. The van der Waals surface area contributed by atoms with Crippen molar-refractivity contribution in [2.75, 3.05) is 13.7 Å². The Morgan fingerprint density at radius 3 is 2.48 bits per heavy atom. The van der Waals surface area contributed by atoms with Crippen LogP contribution in [0.3, 0.4) is 0 Å². The summed E-state index contributed by atoms with van der Waals surface area (Å²) in [5, 5.41) is 3.63. The van der Waals surface area contributed by atoms with Gasteiger partial charge in [0, 0.05) is 6.61 Å². The summed E-state index contributed by atoms with van der Waals surface area (Å²) in [5.41, 5.74) is 2.12. The van der Waals surface area contributed by atoms with Crippen molar-refractivity contribution < 1.29 is 4.74 Å². The molecule has 1 N–H and O–H groups in total. The smallest absolute Gasteiger partial charge is 0.0873 e. The molecule has 0 aromatic carbocycles. The first kappa shape index (κ1) is 17.0. The molecule has 0 bridgehead atoms. The Balaban J connectivity index is 2.20. The molecule has 0 heterocycles. The molecule has 0 radical (unpaired) electrons. The molecule has 2 nitrogen and oxygen atoms in total.